The van der Waals surface area contributed by atoms with Crippen molar-refractivity contribution >= 4 is 17.5 Å². The van der Waals surface area contributed by atoms with Gasteiger partial charge in [0.05, 0.1) is 4.92 Å². The quantitative estimate of drug-likeness (QED) is 0.636. The highest BCUT2D eigenvalue weighted by Crippen LogP contribution is 2.29. The summed E-state index contributed by atoms with van der Waals surface area (Å²) in [5.41, 5.74) is -0.0649. The highest BCUT2D eigenvalue weighted by molar-refractivity contribution is 5.57. The van der Waals surface area contributed by atoms with Crippen molar-refractivity contribution in [2.75, 3.05) is 17.2 Å². The van der Waals surface area contributed by atoms with Gasteiger partial charge in [-0.2, -0.15) is 4.98 Å². The minimum atomic E-state index is -0.440. The van der Waals surface area contributed by atoms with Crippen molar-refractivity contribution in [3.63, 3.8) is 0 Å². The van der Waals surface area contributed by atoms with Crippen molar-refractivity contribution in [1.29, 1.82) is 0 Å². The Kier molecular flexibility index (Phi) is 4.70. The van der Waals surface area contributed by atoms with Gasteiger partial charge in [-0.15, -0.1) is 0 Å². The first kappa shape index (κ1) is 14.5. The summed E-state index contributed by atoms with van der Waals surface area (Å²) in [7, 11) is 0. The van der Waals surface area contributed by atoms with E-state index in [-0.39, 0.29) is 11.7 Å². The Hall–Kier alpha value is -1.92. The first-order valence-electron chi connectivity index (χ1n) is 7.12. The predicted octanol–water partition coefficient (Wildman–Crippen LogP) is 2.81. The average molecular weight is 279 g/mol. The van der Waals surface area contributed by atoms with Crippen LogP contribution in [0, 0.1) is 16.0 Å². The molecule has 1 fully saturated rings. The van der Waals surface area contributed by atoms with Gasteiger partial charge in [-0.25, -0.2) is 4.98 Å². The fraction of sp³-hybridized carbons (Fsp3) is 0.692. The van der Waals surface area contributed by atoms with E-state index >= 15 is 0 Å². The van der Waals surface area contributed by atoms with Gasteiger partial charge >= 0.3 is 5.69 Å². The molecule has 0 aromatic carbocycles. The summed E-state index contributed by atoms with van der Waals surface area (Å²) in [5.74, 6) is 1.39. The standard InChI is InChI=1S/C13H21N5O2/c1-3-14-13-15-8-11(18(19)20)12(17-13)16-10-6-4-5-9(2)7-10/h8-10H,3-7H2,1-2H3,(H2,14,15,16,17). The molecule has 2 unspecified atom stereocenters. The third-order valence-corrected chi connectivity index (χ3v) is 3.58. The van der Waals surface area contributed by atoms with Crippen molar-refractivity contribution in [1.82, 2.24) is 9.97 Å². The van der Waals surface area contributed by atoms with E-state index in [1.165, 1.54) is 12.6 Å². The van der Waals surface area contributed by atoms with Crippen LogP contribution in [0.5, 0.6) is 0 Å². The lowest BCUT2D eigenvalue weighted by Crippen LogP contribution is -2.27. The number of hydrogen-bond acceptors (Lipinski definition) is 6. The number of rotatable bonds is 5. The SMILES string of the molecule is CCNc1ncc([N+](=O)[O-])c(NC2CCCC(C)C2)n1. The molecule has 1 saturated carbocycles. The molecule has 0 saturated heterocycles. The lowest BCUT2D eigenvalue weighted by Gasteiger charge is -2.27. The second kappa shape index (κ2) is 6.49. The van der Waals surface area contributed by atoms with Crippen molar-refractivity contribution in [3.05, 3.63) is 16.3 Å². The number of aromatic nitrogens is 2. The summed E-state index contributed by atoms with van der Waals surface area (Å²) >= 11 is 0. The van der Waals surface area contributed by atoms with Crippen molar-refractivity contribution in [2.45, 2.75) is 45.6 Å². The van der Waals surface area contributed by atoms with E-state index in [1.54, 1.807) is 0 Å². The minimum Gasteiger partial charge on any atom is -0.361 e. The average Bonchev–Trinajstić information content (AvgIpc) is 2.39. The number of nitrogens with one attached hydrogen (secondary N) is 2. The van der Waals surface area contributed by atoms with E-state index < -0.39 is 4.92 Å². The fourth-order valence-electron chi connectivity index (χ4n) is 2.62. The minimum absolute atomic E-state index is 0.0649. The first-order chi connectivity index (χ1) is 9.60. The molecule has 20 heavy (non-hydrogen) atoms. The molecule has 0 amide bonds. The van der Waals surface area contributed by atoms with E-state index in [0.717, 1.165) is 19.3 Å². The van der Waals surface area contributed by atoms with Crippen LogP contribution in [0.25, 0.3) is 0 Å². The molecule has 7 heteroatoms. The molecular formula is C13H21N5O2. The number of nitro groups is 1. The number of nitrogens with zero attached hydrogens (tertiary/aromatic N) is 3. The number of hydrogen-bond donors (Lipinski definition) is 2. The Morgan fingerprint density at radius 2 is 2.30 bits per heavy atom. The molecule has 2 atom stereocenters. The monoisotopic (exact) mass is 279 g/mol. The summed E-state index contributed by atoms with van der Waals surface area (Å²) < 4.78 is 0. The molecule has 0 bridgehead atoms. The van der Waals surface area contributed by atoms with Gasteiger partial charge in [0.25, 0.3) is 0 Å². The highest BCUT2D eigenvalue weighted by atomic mass is 16.6. The molecule has 1 aromatic heterocycles. The van der Waals surface area contributed by atoms with E-state index in [2.05, 4.69) is 27.5 Å². The van der Waals surface area contributed by atoms with Gasteiger partial charge in [-0.3, -0.25) is 10.1 Å². The zero-order valence-corrected chi connectivity index (χ0v) is 11.9. The van der Waals surface area contributed by atoms with Gasteiger partial charge in [-0.1, -0.05) is 19.8 Å². The summed E-state index contributed by atoms with van der Waals surface area (Å²) in [4.78, 5) is 18.8. The molecule has 2 rings (SSSR count). The van der Waals surface area contributed by atoms with Gasteiger partial charge in [0, 0.05) is 12.6 Å². The van der Waals surface area contributed by atoms with E-state index in [9.17, 15) is 10.1 Å². The molecule has 0 spiro atoms. The Bertz CT molecular complexity index is 480. The maximum atomic E-state index is 11.1. The first-order valence-corrected chi connectivity index (χ1v) is 7.12. The molecule has 1 aliphatic carbocycles. The molecule has 0 aliphatic heterocycles. The molecular weight excluding hydrogens is 258 g/mol. The smallest absolute Gasteiger partial charge is 0.329 e. The van der Waals surface area contributed by atoms with Crippen LogP contribution in [-0.2, 0) is 0 Å². The Labute approximate surface area is 118 Å². The van der Waals surface area contributed by atoms with Gasteiger partial charge < -0.3 is 10.6 Å². The highest BCUT2D eigenvalue weighted by Gasteiger charge is 2.23. The Balaban J connectivity index is 2.18. The normalized spacial score (nSPS) is 22.3. The molecule has 1 aliphatic rings. The summed E-state index contributed by atoms with van der Waals surface area (Å²) in [6.45, 7) is 4.82. The largest absolute Gasteiger partial charge is 0.361 e. The topological polar surface area (TPSA) is 93.0 Å². The summed E-state index contributed by atoms with van der Waals surface area (Å²) in [5, 5.41) is 17.3. The Morgan fingerprint density at radius 1 is 1.50 bits per heavy atom. The van der Waals surface area contributed by atoms with Gasteiger partial charge in [0.1, 0.15) is 6.20 Å². The molecule has 1 heterocycles. The van der Waals surface area contributed by atoms with Crippen LogP contribution < -0.4 is 10.6 Å². The number of anilines is 2. The second-order valence-electron chi connectivity index (χ2n) is 5.33. The predicted molar refractivity (Wildman–Crippen MR) is 77.9 cm³/mol. The molecule has 2 N–H and O–H groups in total. The van der Waals surface area contributed by atoms with Crippen LogP contribution in [0.2, 0.25) is 0 Å². The fourth-order valence-corrected chi connectivity index (χ4v) is 2.62. The van der Waals surface area contributed by atoms with Crippen molar-refractivity contribution in [3.8, 4) is 0 Å². The zero-order valence-electron chi connectivity index (χ0n) is 11.9. The van der Waals surface area contributed by atoms with Crippen molar-refractivity contribution < 1.29 is 4.92 Å². The molecule has 7 nitrogen and oxygen atoms in total. The second-order valence-corrected chi connectivity index (χ2v) is 5.33. The van der Waals surface area contributed by atoms with Gasteiger partial charge in [0.2, 0.25) is 11.8 Å². The van der Waals surface area contributed by atoms with Gasteiger partial charge in [0.15, 0.2) is 0 Å². The van der Waals surface area contributed by atoms with E-state index in [1.807, 2.05) is 6.92 Å². The van der Waals surface area contributed by atoms with Crippen LogP contribution in [0.1, 0.15) is 39.5 Å². The van der Waals surface area contributed by atoms with Crippen LogP contribution in [0.3, 0.4) is 0 Å². The van der Waals surface area contributed by atoms with Gasteiger partial charge in [-0.05, 0) is 25.7 Å². The molecule has 1 aromatic rings. The maximum Gasteiger partial charge on any atom is 0.329 e. The van der Waals surface area contributed by atoms with Crippen LogP contribution in [0.15, 0.2) is 6.20 Å². The maximum absolute atomic E-state index is 11.1. The third kappa shape index (κ3) is 3.55. The van der Waals surface area contributed by atoms with Crippen molar-refractivity contribution in [2.24, 2.45) is 5.92 Å². The lowest BCUT2D eigenvalue weighted by molar-refractivity contribution is -0.384. The van der Waals surface area contributed by atoms with E-state index in [0.29, 0.717) is 24.2 Å². The molecule has 0 radical (unpaired) electrons. The summed E-state index contributed by atoms with van der Waals surface area (Å²) in [6.07, 6.45) is 5.70. The Morgan fingerprint density at radius 3 is 2.95 bits per heavy atom. The lowest BCUT2D eigenvalue weighted by atomic mass is 9.87. The third-order valence-electron chi connectivity index (χ3n) is 3.58. The van der Waals surface area contributed by atoms with Crippen LogP contribution in [0.4, 0.5) is 17.5 Å². The summed E-state index contributed by atoms with van der Waals surface area (Å²) in [6, 6.07) is 0.252. The molecule has 110 valence electrons. The van der Waals surface area contributed by atoms with Crippen LogP contribution >= 0.6 is 0 Å². The van der Waals surface area contributed by atoms with E-state index in [4.69, 9.17) is 0 Å². The zero-order chi connectivity index (χ0) is 14.5. The van der Waals surface area contributed by atoms with Crippen LogP contribution in [-0.4, -0.2) is 27.5 Å².